The highest BCUT2D eigenvalue weighted by molar-refractivity contribution is 8.13. The highest BCUT2D eigenvalue weighted by atomic mass is 35.7. The fraction of sp³-hybridized carbons (Fsp3) is 0.333. The summed E-state index contributed by atoms with van der Waals surface area (Å²) in [5.41, 5.74) is 0.108. The van der Waals surface area contributed by atoms with Crippen molar-refractivity contribution in [3.05, 3.63) is 18.2 Å². The number of anilines is 1. The van der Waals surface area contributed by atoms with Crippen LogP contribution in [-0.4, -0.2) is 29.7 Å². The van der Waals surface area contributed by atoms with Gasteiger partial charge in [0, 0.05) is 10.7 Å². The van der Waals surface area contributed by atoms with Crippen LogP contribution >= 0.6 is 10.7 Å². The molecule has 0 fully saturated rings. The van der Waals surface area contributed by atoms with Crippen LogP contribution in [0, 0.1) is 0 Å². The first kappa shape index (κ1) is 15.1. The van der Waals surface area contributed by atoms with E-state index >= 15 is 0 Å². The lowest BCUT2D eigenvalue weighted by Crippen LogP contribution is -2.14. The Morgan fingerprint density at radius 1 is 1.28 bits per heavy atom. The van der Waals surface area contributed by atoms with E-state index in [-0.39, 0.29) is 22.1 Å². The maximum Gasteiger partial charge on any atom is 0.265 e. The summed E-state index contributed by atoms with van der Waals surface area (Å²) >= 11 is 0. The smallest absolute Gasteiger partial charge is 0.265 e. The van der Waals surface area contributed by atoms with Gasteiger partial charge in [-0.2, -0.15) is 0 Å². The number of ether oxygens (including phenoxy) is 1. The molecule has 1 aromatic carbocycles. The van der Waals surface area contributed by atoms with Crippen LogP contribution < -0.4 is 9.46 Å². The number of hydrogen-bond acceptors (Lipinski definition) is 5. The van der Waals surface area contributed by atoms with Crippen molar-refractivity contribution in [3.8, 4) is 5.75 Å². The number of halogens is 1. The molecule has 0 aliphatic rings. The second kappa shape index (κ2) is 5.33. The number of benzene rings is 1. The Bertz CT molecular complexity index is 639. The molecule has 0 aliphatic heterocycles. The van der Waals surface area contributed by atoms with Crippen LogP contribution in [0.3, 0.4) is 0 Å². The van der Waals surface area contributed by atoms with Crippen LogP contribution in [0.1, 0.15) is 6.92 Å². The van der Waals surface area contributed by atoms with Gasteiger partial charge in [-0.3, -0.25) is 4.72 Å². The lowest BCUT2D eigenvalue weighted by Gasteiger charge is -2.10. The molecule has 0 unspecified atom stereocenters. The van der Waals surface area contributed by atoms with Crippen LogP contribution in [0.5, 0.6) is 5.75 Å². The molecule has 0 amide bonds. The largest absolute Gasteiger partial charge is 0.495 e. The minimum Gasteiger partial charge on any atom is -0.495 e. The molecule has 0 saturated carbocycles. The Labute approximate surface area is 110 Å². The topological polar surface area (TPSA) is 89.5 Å². The van der Waals surface area contributed by atoms with Crippen molar-refractivity contribution in [2.24, 2.45) is 0 Å². The summed E-state index contributed by atoms with van der Waals surface area (Å²) in [6.45, 7) is 1.46. The van der Waals surface area contributed by atoms with Crippen LogP contribution in [0.15, 0.2) is 23.1 Å². The molecule has 1 rings (SSSR count). The van der Waals surface area contributed by atoms with E-state index in [2.05, 4.69) is 4.72 Å². The molecule has 0 radical (unpaired) electrons. The fourth-order valence-electron chi connectivity index (χ4n) is 1.18. The van der Waals surface area contributed by atoms with Crippen LogP contribution in [0.2, 0.25) is 0 Å². The van der Waals surface area contributed by atoms with Crippen molar-refractivity contribution < 1.29 is 21.6 Å². The summed E-state index contributed by atoms with van der Waals surface area (Å²) in [5, 5.41) is 0. The van der Waals surface area contributed by atoms with Gasteiger partial charge in [-0.05, 0) is 25.1 Å². The zero-order chi connectivity index (χ0) is 14.0. The molecular weight excluding hydrogens is 302 g/mol. The van der Waals surface area contributed by atoms with Gasteiger partial charge in [0.1, 0.15) is 10.6 Å². The van der Waals surface area contributed by atoms with Gasteiger partial charge >= 0.3 is 0 Å². The SMILES string of the molecule is CCS(=O)(=O)Nc1ccc(OC)c(S(=O)(=O)Cl)c1. The molecule has 0 heterocycles. The van der Waals surface area contributed by atoms with E-state index in [1.807, 2.05) is 0 Å². The Morgan fingerprint density at radius 2 is 1.89 bits per heavy atom. The summed E-state index contributed by atoms with van der Waals surface area (Å²) in [6, 6.07) is 3.81. The van der Waals surface area contributed by atoms with Gasteiger partial charge in [-0.15, -0.1) is 0 Å². The molecule has 0 spiro atoms. The van der Waals surface area contributed by atoms with Crippen LogP contribution in [0.25, 0.3) is 0 Å². The van der Waals surface area contributed by atoms with Crippen molar-refractivity contribution in [2.45, 2.75) is 11.8 Å². The Hall–Kier alpha value is -0.990. The van der Waals surface area contributed by atoms with E-state index in [4.69, 9.17) is 15.4 Å². The van der Waals surface area contributed by atoms with Gasteiger partial charge in [0.15, 0.2) is 0 Å². The second-order valence-corrected chi connectivity index (χ2v) is 7.85. The summed E-state index contributed by atoms with van der Waals surface area (Å²) in [7, 11) is -0.978. The molecule has 0 atom stereocenters. The Kier molecular flexibility index (Phi) is 4.46. The average molecular weight is 314 g/mol. The zero-order valence-electron chi connectivity index (χ0n) is 9.67. The molecule has 0 saturated heterocycles. The number of sulfonamides is 1. The molecule has 18 heavy (non-hydrogen) atoms. The van der Waals surface area contributed by atoms with Crippen molar-refractivity contribution in [1.29, 1.82) is 0 Å². The van der Waals surface area contributed by atoms with Crippen LogP contribution in [0.4, 0.5) is 5.69 Å². The normalized spacial score (nSPS) is 12.2. The summed E-state index contributed by atoms with van der Waals surface area (Å²) in [5.74, 6) is -0.0772. The number of hydrogen-bond donors (Lipinski definition) is 1. The van der Waals surface area contributed by atoms with Crippen molar-refractivity contribution in [3.63, 3.8) is 0 Å². The highest BCUT2D eigenvalue weighted by Gasteiger charge is 2.18. The summed E-state index contributed by atoms with van der Waals surface area (Å²) in [6.07, 6.45) is 0. The molecule has 102 valence electrons. The first-order valence-corrected chi connectivity index (χ1v) is 8.79. The standard InChI is InChI=1S/C9H12ClNO5S2/c1-3-17(12,13)11-7-4-5-8(16-2)9(6-7)18(10,14)15/h4-6,11H,3H2,1-2H3. The minimum absolute atomic E-state index is 0.0458. The fourth-order valence-corrected chi connectivity index (χ4v) is 2.83. The lowest BCUT2D eigenvalue weighted by molar-refractivity contribution is 0.403. The first-order chi connectivity index (χ1) is 8.19. The van der Waals surface area contributed by atoms with E-state index in [0.717, 1.165) is 6.07 Å². The predicted octanol–water partition coefficient (Wildman–Crippen LogP) is 1.38. The quantitative estimate of drug-likeness (QED) is 0.830. The molecule has 0 aliphatic carbocycles. The van der Waals surface area contributed by atoms with Gasteiger partial charge in [0.05, 0.1) is 18.6 Å². The van der Waals surface area contributed by atoms with Gasteiger partial charge in [0.2, 0.25) is 10.0 Å². The third-order valence-corrected chi connectivity index (χ3v) is 4.73. The van der Waals surface area contributed by atoms with Gasteiger partial charge < -0.3 is 4.74 Å². The van der Waals surface area contributed by atoms with E-state index in [0.29, 0.717) is 0 Å². The van der Waals surface area contributed by atoms with Gasteiger partial charge in [-0.25, -0.2) is 16.8 Å². The second-order valence-electron chi connectivity index (χ2n) is 3.31. The van der Waals surface area contributed by atoms with Crippen molar-refractivity contribution in [2.75, 3.05) is 17.6 Å². The maximum absolute atomic E-state index is 11.4. The van der Waals surface area contributed by atoms with Gasteiger partial charge in [0.25, 0.3) is 9.05 Å². The molecule has 6 nitrogen and oxygen atoms in total. The average Bonchev–Trinajstić information content (AvgIpc) is 2.27. The third kappa shape index (κ3) is 3.76. The van der Waals surface area contributed by atoms with Crippen molar-refractivity contribution >= 4 is 35.4 Å². The molecule has 0 aromatic heterocycles. The summed E-state index contributed by atoms with van der Waals surface area (Å²) < 4.78 is 52.4. The molecule has 9 heteroatoms. The maximum atomic E-state index is 11.4. The molecular formula is C9H12ClNO5S2. The van der Waals surface area contributed by atoms with Gasteiger partial charge in [-0.1, -0.05) is 0 Å². The van der Waals surface area contributed by atoms with E-state index < -0.39 is 19.1 Å². The number of rotatable bonds is 5. The zero-order valence-corrected chi connectivity index (χ0v) is 12.1. The first-order valence-electron chi connectivity index (χ1n) is 4.83. The lowest BCUT2D eigenvalue weighted by atomic mass is 10.3. The number of methoxy groups -OCH3 is 1. The number of nitrogens with one attached hydrogen (secondary N) is 1. The molecule has 0 bridgehead atoms. The monoisotopic (exact) mass is 313 g/mol. The Morgan fingerprint density at radius 3 is 2.33 bits per heavy atom. The van der Waals surface area contributed by atoms with Crippen LogP contribution in [-0.2, 0) is 19.1 Å². The highest BCUT2D eigenvalue weighted by Crippen LogP contribution is 2.29. The van der Waals surface area contributed by atoms with Crippen molar-refractivity contribution in [1.82, 2.24) is 0 Å². The minimum atomic E-state index is -4.02. The Balaban J connectivity index is 3.28. The summed E-state index contributed by atoms with van der Waals surface area (Å²) in [4.78, 5) is -0.289. The predicted molar refractivity (Wildman–Crippen MR) is 69.1 cm³/mol. The molecule has 1 N–H and O–H groups in total. The van der Waals surface area contributed by atoms with E-state index in [1.165, 1.54) is 26.2 Å². The van der Waals surface area contributed by atoms with E-state index in [9.17, 15) is 16.8 Å². The third-order valence-electron chi connectivity index (χ3n) is 2.08. The molecule has 1 aromatic rings. The van der Waals surface area contributed by atoms with E-state index in [1.54, 1.807) is 0 Å².